The number of nitrogens with one attached hydrogen (secondary N) is 1. The predicted octanol–water partition coefficient (Wildman–Crippen LogP) is 4.22. The fraction of sp³-hybridized carbons (Fsp3) is 0.333. The minimum absolute atomic E-state index is 0.0605. The molecule has 0 bridgehead atoms. The topological polar surface area (TPSA) is 49.4 Å². The lowest BCUT2D eigenvalue weighted by atomic mass is 10.1. The quantitative estimate of drug-likeness (QED) is 0.742. The summed E-state index contributed by atoms with van der Waals surface area (Å²) in [5.41, 5.74) is 2.48. The van der Waals surface area contributed by atoms with Crippen molar-refractivity contribution in [3.8, 4) is 0 Å². The molecule has 0 aliphatic carbocycles. The number of unbranched alkanes of at least 4 members (excludes halogenated alkanes) is 1. The number of carbonyl (C=O) groups excluding carboxylic acids is 2. The van der Waals surface area contributed by atoms with Gasteiger partial charge >= 0.3 is 0 Å². The molecule has 5 heteroatoms. The van der Waals surface area contributed by atoms with E-state index in [1.807, 2.05) is 18.2 Å². The molecule has 2 aromatic carbocycles. The summed E-state index contributed by atoms with van der Waals surface area (Å²) in [6.07, 6.45) is 4.32. The molecule has 0 aromatic heterocycles. The molecular weight excluding hydrogens is 348 g/mol. The highest BCUT2D eigenvalue weighted by Gasteiger charge is 2.24. The maximum Gasteiger partial charge on any atom is 0.251 e. The highest BCUT2D eigenvalue weighted by Crippen LogP contribution is 2.30. The Balaban J connectivity index is 1.51. The summed E-state index contributed by atoms with van der Waals surface area (Å²) in [6.45, 7) is 1.29. The monoisotopic (exact) mass is 370 g/mol. The van der Waals surface area contributed by atoms with Gasteiger partial charge in [0.15, 0.2) is 0 Å². The molecule has 1 fully saturated rings. The van der Waals surface area contributed by atoms with Crippen molar-refractivity contribution in [3.05, 3.63) is 64.7 Å². The van der Waals surface area contributed by atoms with E-state index < -0.39 is 0 Å². The number of hydrogen-bond donors (Lipinski definition) is 1. The van der Waals surface area contributed by atoms with Crippen LogP contribution in [0.4, 0.5) is 5.69 Å². The Kier molecular flexibility index (Phi) is 6.29. The lowest BCUT2D eigenvalue weighted by Gasteiger charge is -2.18. The number of amides is 2. The van der Waals surface area contributed by atoms with E-state index in [2.05, 4.69) is 17.4 Å². The second-order valence-electron chi connectivity index (χ2n) is 6.51. The third kappa shape index (κ3) is 4.64. The Morgan fingerprint density at radius 3 is 2.65 bits per heavy atom. The molecule has 1 heterocycles. The third-order valence-corrected chi connectivity index (χ3v) is 4.91. The molecule has 0 atom stereocenters. The Hall–Kier alpha value is -2.33. The highest BCUT2D eigenvalue weighted by atomic mass is 35.5. The molecule has 26 heavy (non-hydrogen) atoms. The maximum absolute atomic E-state index is 12.4. The van der Waals surface area contributed by atoms with Crippen molar-refractivity contribution >= 4 is 29.1 Å². The number of hydrogen-bond acceptors (Lipinski definition) is 2. The molecule has 136 valence electrons. The molecule has 1 aliphatic rings. The second kappa shape index (κ2) is 8.86. The van der Waals surface area contributed by atoms with Gasteiger partial charge in [-0.25, -0.2) is 0 Å². The van der Waals surface area contributed by atoms with Gasteiger partial charge in [0.1, 0.15) is 0 Å². The number of halogens is 1. The van der Waals surface area contributed by atoms with Crippen molar-refractivity contribution < 1.29 is 9.59 Å². The van der Waals surface area contributed by atoms with Crippen molar-refractivity contribution in [2.45, 2.75) is 32.1 Å². The number of anilines is 1. The van der Waals surface area contributed by atoms with Crippen LogP contribution in [0.5, 0.6) is 0 Å². The number of benzene rings is 2. The summed E-state index contributed by atoms with van der Waals surface area (Å²) in [4.78, 5) is 26.0. The van der Waals surface area contributed by atoms with Crippen molar-refractivity contribution in [3.63, 3.8) is 0 Å². The van der Waals surface area contributed by atoms with E-state index in [4.69, 9.17) is 11.6 Å². The lowest BCUT2D eigenvalue weighted by molar-refractivity contribution is -0.117. The van der Waals surface area contributed by atoms with E-state index in [1.54, 1.807) is 23.1 Å². The van der Waals surface area contributed by atoms with Crippen LogP contribution in [0.2, 0.25) is 5.02 Å². The first-order chi connectivity index (χ1) is 12.6. The molecule has 1 saturated heterocycles. The molecule has 2 amide bonds. The Morgan fingerprint density at radius 1 is 1.12 bits per heavy atom. The molecule has 2 aromatic rings. The van der Waals surface area contributed by atoms with Gasteiger partial charge in [-0.3, -0.25) is 9.59 Å². The smallest absolute Gasteiger partial charge is 0.251 e. The molecule has 0 unspecified atom stereocenters. The molecule has 0 radical (unpaired) electrons. The molecule has 0 spiro atoms. The third-order valence-electron chi connectivity index (χ3n) is 4.59. The lowest BCUT2D eigenvalue weighted by Crippen LogP contribution is -2.27. The van der Waals surface area contributed by atoms with E-state index in [9.17, 15) is 9.59 Å². The zero-order valence-corrected chi connectivity index (χ0v) is 15.5. The average Bonchev–Trinajstić information content (AvgIpc) is 3.08. The highest BCUT2D eigenvalue weighted by molar-refractivity contribution is 6.34. The number of aryl methyl sites for hydroxylation is 1. The summed E-state index contributed by atoms with van der Waals surface area (Å²) < 4.78 is 0. The van der Waals surface area contributed by atoms with Gasteiger partial charge in [-0.2, -0.15) is 0 Å². The van der Waals surface area contributed by atoms with E-state index in [0.717, 1.165) is 25.7 Å². The molecular formula is C21H23ClN2O2. The van der Waals surface area contributed by atoms with Crippen molar-refractivity contribution in [2.24, 2.45) is 0 Å². The summed E-state index contributed by atoms with van der Waals surface area (Å²) in [5, 5.41) is 3.45. The van der Waals surface area contributed by atoms with Crippen LogP contribution in [0.25, 0.3) is 0 Å². The zero-order chi connectivity index (χ0) is 18.4. The Bertz CT molecular complexity index is 777. The van der Waals surface area contributed by atoms with Crippen LogP contribution in [0.15, 0.2) is 48.5 Å². The van der Waals surface area contributed by atoms with E-state index in [-0.39, 0.29) is 11.8 Å². The zero-order valence-electron chi connectivity index (χ0n) is 14.7. The largest absolute Gasteiger partial charge is 0.352 e. The number of carbonyl (C=O) groups is 2. The van der Waals surface area contributed by atoms with Gasteiger partial charge < -0.3 is 10.2 Å². The van der Waals surface area contributed by atoms with E-state index in [0.29, 0.717) is 35.8 Å². The van der Waals surface area contributed by atoms with Crippen LogP contribution in [0.3, 0.4) is 0 Å². The molecule has 4 nitrogen and oxygen atoms in total. The van der Waals surface area contributed by atoms with Gasteiger partial charge in [-0.05, 0) is 49.4 Å². The minimum atomic E-state index is -0.130. The van der Waals surface area contributed by atoms with Crippen molar-refractivity contribution in [1.29, 1.82) is 0 Å². The summed E-state index contributed by atoms with van der Waals surface area (Å²) in [6, 6.07) is 15.4. The van der Waals surface area contributed by atoms with Crippen LogP contribution in [-0.2, 0) is 11.2 Å². The van der Waals surface area contributed by atoms with E-state index in [1.165, 1.54) is 5.56 Å². The van der Waals surface area contributed by atoms with Crippen LogP contribution >= 0.6 is 11.6 Å². The van der Waals surface area contributed by atoms with Crippen molar-refractivity contribution in [2.75, 3.05) is 18.0 Å². The van der Waals surface area contributed by atoms with Gasteiger partial charge in [-0.15, -0.1) is 0 Å². The first-order valence-electron chi connectivity index (χ1n) is 9.07. The minimum Gasteiger partial charge on any atom is -0.352 e. The predicted molar refractivity (Wildman–Crippen MR) is 105 cm³/mol. The van der Waals surface area contributed by atoms with Gasteiger partial charge in [0, 0.05) is 25.1 Å². The van der Waals surface area contributed by atoms with Gasteiger partial charge in [0.05, 0.1) is 10.7 Å². The fourth-order valence-corrected chi connectivity index (χ4v) is 3.39. The van der Waals surface area contributed by atoms with Crippen LogP contribution in [0.1, 0.15) is 41.6 Å². The second-order valence-corrected chi connectivity index (χ2v) is 6.92. The molecule has 1 aliphatic heterocycles. The summed E-state index contributed by atoms with van der Waals surface area (Å²) in [5.74, 6) is -0.0698. The van der Waals surface area contributed by atoms with Crippen LogP contribution < -0.4 is 10.2 Å². The van der Waals surface area contributed by atoms with Crippen molar-refractivity contribution in [1.82, 2.24) is 5.32 Å². The summed E-state index contributed by atoms with van der Waals surface area (Å²) in [7, 11) is 0. The average molecular weight is 371 g/mol. The first kappa shape index (κ1) is 18.5. The molecule has 3 rings (SSSR count). The van der Waals surface area contributed by atoms with Gasteiger partial charge in [0.2, 0.25) is 5.91 Å². The van der Waals surface area contributed by atoms with E-state index >= 15 is 0 Å². The Morgan fingerprint density at radius 2 is 1.92 bits per heavy atom. The Labute approximate surface area is 159 Å². The molecule has 1 N–H and O–H groups in total. The maximum atomic E-state index is 12.4. The summed E-state index contributed by atoms with van der Waals surface area (Å²) >= 11 is 6.22. The number of rotatable bonds is 7. The van der Waals surface area contributed by atoms with Gasteiger partial charge in [-0.1, -0.05) is 41.9 Å². The normalized spacial score (nSPS) is 13.9. The standard InChI is InChI=1S/C21H23ClN2O2/c22-18-12-11-17(15-19(18)24-14-6-10-20(24)25)21(26)23-13-5-4-9-16-7-2-1-3-8-16/h1-3,7-8,11-12,15H,4-6,9-10,13-14H2,(H,23,26). The van der Waals surface area contributed by atoms with Gasteiger partial charge in [0.25, 0.3) is 5.91 Å². The van der Waals surface area contributed by atoms with Crippen LogP contribution in [-0.4, -0.2) is 24.9 Å². The first-order valence-corrected chi connectivity index (χ1v) is 9.45. The fourth-order valence-electron chi connectivity index (χ4n) is 3.17. The van der Waals surface area contributed by atoms with Crippen LogP contribution in [0, 0.1) is 0 Å². The molecule has 0 saturated carbocycles. The SMILES string of the molecule is O=C(NCCCCc1ccccc1)c1ccc(Cl)c(N2CCCC2=O)c1. The number of nitrogens with zero attached hydrogens (tertiary/aromatic N) is 1.